The molecule has 2 N–H and O–H groups in total. The van der Waals surface area contributed by atoms with Crippen molar-refractivity contribution in [2.24, 2.45) is 4.99 Å². The molecule has 10 heteroatoms. The predicted octanol–water partition coefficient (Wildman–Crippen LogP) is 6.42. The van der Waals surface area contributed by atoms with Gasteiger partial charge in [-0.3, -0.25) is 14.7 Å². The highest BCUT2D eigenvalue weighted by molar-refractivity contribution is 5.93. The number of rotatable bonds is 8. The molecule has 0 saturated carbocycles. The van der Waals surface area contributed by atoms with E-state index in [0.717, 1.165) is 53.2 Å². The van der Waals surface area contributed by atoms with Crippen LogP contribution < -0.4 is 5.32 Å². The number of amides is 1. The maximum Gasteiger partial charge on any atom is 0.415 e. The number of aromatic nitrogens is 1. The van der Waals surface area contributed by atoms with Crippen LogP contribution in [0.1, 0.15) is 67.0 Å². The van der Waals surface area contributed by atoms with E-state index in [0.29, 0.717) is 37.0 Å². The molecule has 43 heavy (non-hydrogen) atoms. The lowest BCUT2D eigenvalue weighted by Gasteiger charge is -2.37. The Labute approximate surface area is 255 Å². The second-order valence-electron chi connectivity index (χ2n) is 11.6. The summed E-state index contributed by atoms with van der Waals surface area (Å²) < 4.78 is 11.6. The summed E-state index contributed by atoms with van der Waals surface area (Å²) in [6, 6.07) is 3.47. The molecule has 1 saturated heterocycles. The quantitative estimate of drug-likeness (QED) is 0.202. The lowest BCUT2D eigenvalue weighted by molar-refractivity contribution is -0.136. The number of ether oxygens (including phenoxy) is 2. The van der Waals surface area contributed by atoms with Crippen LogP contribution in [-0.2, 0) is 20.7 Å². The summed E-state index contributed by atoms with van der Waals surface area (Å²) in [6.45, 7) is 20.0. The number of anilines is 1. The second-order valence-corrected chi connectivity index (χ2v) is 11.6. The fourth-order valence-corrected chi connectivity index (χ4v) is 4.82. The van der Waals surface area contributed by atoms with Gasteiger partial charge in [0, 0.05) is 25.0 Å². The van der Waals surface area contributed by atoms with Crippen molar-refractivity contribution in [1.29, 1.82) is 0 Å². The van der Waals surface area contributed by atoms with Gasteiger partial charge in [-0.1, -0.05) is 19.6 Å². The molecule has 1 aromatic rings. The van der Waals surface area contributed by atoms with Crippen molar-refractivity contribution in [2.75, 3.05) is 31.6 Å². The molecule has 0 atom stereocenters. The number of pyridine rings is 1. The van der Waals surface area contributed by atoms with E-state index in [2.05, 4.69) is 45.8 Å². The first-order chi connectivity index (χ1) is 20.3. The lowest BCUT2D eigenvalue weighted by Crippen LogP contribution is -2.42. The number of aliphatic imine (C=N–C) groups is 1. The summed E-state index contributed by atoms with van der Waals surface area (Å²) in [7, 11) is 0. The number of carbonyl (C=O) groups is 2. The zero-order valence-corrected chi connectivity index (χ0v) is 26.5. The second kappa shape index (κ2) is 14.7. The van der Waals surface area contributed by atoms with Crippen LogP contribution in [-0.4, -0.2) is 69.6 Å². The maximum absolute atomic E-state index is 13.2. The van der Waals surface area contributed by atoms with E-state index < -0.39 is 11.6 Å². The highest BCUT2D eigenvalue weighted by Gasteiger charge is 2.32. The first kappa shape index (κ1) is 33.2. The number of allylic oxidation sites excluding steroid dienone is 4. The zero-order valence-electron chi connectivity index (χ0n) is 26.5. The Kier molecular flexibility index (Phi) is 11.3. The van der Waals surface area contributed by atoms with Crippen molar-refractivity contribution in [3.8, 4) is 0 Å². The van der Waals surface area contributed by atoms with E-state index in [-0.39, 0.29) is 12.5 Å². The van der Waals surface area contributed by atoms with Crippen molar-refractivity contribution >= 4 is 23.6 Å². The number of carboxylic acid groups (broad SMARTS) is 1. The third-order valence-corrected chi connectivity index (χ3v) is 6.83. The molecule has 10 nitrogen and oxygen atoms in total. The Hall–Kier alpha value is -4.34. The van der Waals surface area contributed by atoms with Crippen LogP contribution in [0.5, 0.6) is 0 Å². The third-order valence-electron chi connectivity index (χ3n) is 6.83. The van der Waals surface area contributed by atoms with Gasteiger partial charge in [-0.25, -0.2) is 9.79 Å². The molecule has 0 unspecified atom stereocenters. The highest BCUT2D eigenvalue weighted by atomic mass is 16.6. The number of amidine groups is 1. The Balaban J connectivity index is 1.79. The number of nitrogens with zero attached hydrogens (tertiary/aromatic N) is 4. The van der Waals surface area contributed by atoms with Crippen LogP contribution in [0, 0.1) is 0 Å². The number of carboxylic acids is 1. The van der Waals surface area contributed by atoms with E-state index in [1.54, 1.807) is 23.2 Å². The van der Waals surface area contributed by atoms with Crippen molar-refractivity contribution in [1.82, 2.24) is 14.8 Å². The first-order valence-electron chi connectivity index (χ1n) is 14.6. The summed E-state index contributed by atoms with van der Waals surface area (Å²) in [4.78, 5) is 36.8. The van der Waals surface area contributed by atoms with Crippen molar-refractivity contribution in [2.45, 2.75) is 73.3 Å². The van der Waals surface area contributed by atoms with E-state index in [1.807, 2.05) is 47.7 Å². The van der Waals surface area contributed by atoms with Crippen LogP contribution in [0.25, 0.3) is 0 Å². The van der Waals surface area contributed by atoms with E-state index in [1.165, 1.54) is 0 Å². The minimum absolute atomic E-state index is 0.115. The van der Waals surface area contributed by atoms with Gasteiger partial charge in [-0.15, -0.1) is 0 Å². The average molecular weight is 592 g/mol. The number of hydrogen-bond donors (Lipinski definition) is 2. The first-order valence-corrected chi connectivity index (χ1v) is 14.6. The third kappa shape index (κ3) is 9.59. The summed E-state index contributed by atoms with van der Waals surface area (Å²) in [6.07, 6.45) is 8.80. The minimum atomic E-state index is -0.916. The molecule has 0 aliphatic carbocycles. The van der Waals surface area contributed by atoms with Crippen LogP contribution >= 0.6 is 0 Å². The van der Waals surface area contributed by atoms with Gasteiger partial charge in [-0.2, -0.15) is 0 Å². The molecule has 1 fully saturated rings. The number of hydrogen-bond acceptors (Lipinski definition) is 7. The fraction of sp³-hybridized carbons (Fsp3) is 0.455. The number of nitrogens with one attached hydrogen (secondary N) is 1. The molecule has 3 heterocycles. The molecule has 1 aromatic heterocycles. The van der Waals surface area contributed by atoms with Crippen LogP contribution in [0.3, 0.4) is 0 Å². The number of carbonyl (C=O) groups excluding carboxylic acids is 1. The number of piperidine rings is 1. The van der Waals surface area contributed by atoms with E-state index >= 15 is 0 Å². The molecule has 3 rings (SSSR count). The fourth-order valence-electron chi connectivity index (χ4n) is 4.82. The molecule has 0 radical (unpaired) electrons. The van der Waals surface area contributed by atoms with Crippen LogP contribution in [0.15, 0.2) is 82.1 Å². The van der Waals surface area contributed by atoms with E-state index in [4.69, 9.17) is 14.6 Å². The predicted molar refractivity (Wildman–Crippen MR) is 169 cm³/mol. The van der Waals surface area contributed by atoms with Gasteiger partial charge in [0.25, 0.3) is 0 Å². The Morgan fingerprint density at radius 1 is 1.26 bits per heavy atom. The smallest absolute Gasteiger partial charge is 0.415 e. The largest absolute Gasteiger partial charge is 0.494 e. The summed E-state index contributed by atoms with van der Waals surface area (Å²) in [5, 5.41) is 12.1. The van der Waals surface area contributed by atoms with Crippen LogP contribution in [0.2, 0.25) is 0 Å². The van der Waals surface area contributed by atoms with Gasteiger partial charge in [0.2, 0.25) is 0 Å². The molecular weight excluding hydrogens is 546 g/mol. The summed E-state index contributed by atoms with van der Waals surface area (Å²) in [5.74, 6) is 0.457. The molecule has 232 valence electrons. The summed E-state index contributed by atoms with van der Waals surface area (Å²) >= 11 is 0. The monoisotopic (exact) mass is 591 g/mol. The Bertz CT molecular complexity index is 1360. The van der Waals surface area contributed by atoms with Crippen molar-refractivity contribution < 1.29 is 24.2 Å². The van der Waals surface area contributed by atoms with Gasteiger partial charge < -0.3 is 24.8 Å². The standard InChI is InChI=1S/C33H45N5O5/c1-9-10-11-29(23(3)31-24(4)42-17-16-38(31)32(41)43-33(6,7)8)37-15-14-26(22(2)21-37)19-34-25(5)36-28-13-12-27(35-20-28)18-30(39)40/h10-13,19-20H,2,9,14-18,21H2,1,3-8H3,(H,34,36)(H,39,40)/b11-10+,26-19-,29-23+. The van der Waals surface area contributed by atoms with E-state index in [9.17, 15) is 9.59 Å². The topological polar surface area (TPSA) is 117 Å². The molecule has 2 aliphatic rings. The van der Waals surface area contributed by atoms with Gasteiger partial charge in [0.05, 0.1) is 36.2 Å². The van der Waals surface area contributed by atoms with Gasteiger partial charge in [-0.05, 0) is 89.3 Å². The number of likely N-dealkylation sites (tertiary alicyclic amines) is 1. The molecule has 0 bridgehead atoms. The van der Waals surface area contributed by atoms with Gasteiger partial charge >= 0.3 is 12.1 Å². The molecule has 2 aliphatic heterocycles. The zero-order chi connectivity index (χ0) is 31.7. The lowest BCUT2D eigenvalue weighted by atomic mass is 9.98. The average Bonchev–Trinajstić information content (AvgIpc) is 2.92. The van der Waals surface area contributed by atoms with Gasteiger partial charge in [0.1, 0.15) is 23.8 Å². The van der Waals surface area contributed by atoms with Crippen molar-refractivity contribution in [3.05, 3.63) is 82.8 Å². The SMILES string of the molecule is C=C1CN(C(/C=C/CC)=C(\C)C2=C(C)OCCN2C(=O)OC(C)(C)C)CC/C1=C/N=C(C)Nc1ccc(CC(=O)O)nc1. The van der Waals surface area contributed by atoms with Crippen molar-refractivity contribution in [3.63, 3.8) is 0 Å². The maximum atomic E-state index is 13.2. The molecule has 1 amide bonds. The normalized spacial score (nSPS) is 18.2. The van der Waals surface area contributed by atoms with Gasteiger partial charge in [0.15, 0.2) is 0 Å². The minimum Gasteiger partial charge on any atom is -0.494 e. The molecule has 0 aromatic carbocycles. The summed E-state index contributed by atoms with van der Waals surface area (Å²) in [5.41, 5.74) is 5.33. The highest BCUT2D eigenvalue weighted by Crippen LogP contribution is 2.32. The molecular formula is C33H45N5O5. The Morgan fingerprint density at radius 2 is 2.00 bits per heavy atom. The van der Waals surface area contributed by atoms with Crippen LogP contribution in [0.4, 0.5) is 10.5 Å². The number of aliphatic carboxylic acids is 1. The Morgan fingerprint density at radius 3 is 2.60 bits per heavy atom. The molecule has 0 spiro atoms.